The topological polar surface area (TPSA) is 0 Å². The number of halogens is 6. The van der Waals surface area contributed by atoms with Crippen LogP contribution < -0.4 is 0 Å². The van der Waals surface area contributed by atoms with E-state index in [9.17, 15) is 0 Å². The predicted octanol–water partition coefficient (Wildman–Crippen LogP) is 4.14. The van der Waals surface area contributed by atoms with Crippen molar-refractivity contribution < 1.29 is 0 Å². The molecule has 60 valence electrons. The highest BCUT2D eigenvalue weighted by Crippen LogP contribution is 2.41. The van der Waals surface area contributed by atoms with Crippen LogP contribution in [0, 0.1) is 10.7 Å². The van der Waals surface area contributed by atoms with Crippen LogP contribution in [0.4, 0.5) is 0 Å². The van der Waals surface area contributed by atoms with E-state index in [-0.39, 0.29) is 4.84 Å². The van der Waals surface area contributed by atoms with Gasteiger partial charge in [-0.05, 0) is 0 Å². The van der Waals surface area contributed by atoms with Crippen molar-refractivity contribution in [2.24, 2.45) is 0 Å². The summed E-state index contributed by atoms with van der Waals surface area (Å²) in [5, 5.41) is -0.906. The van der Waals surface area contributed by atoms with E-state index in [0.29, 0.717) is 0 Å². The van der Waals surface area contributed by atoms with Crippen LogP contribution in [0.3, 0.4) is 0 Å². The summed E-state index contributed by atoms with van der Waals surface area (Å²) in [6.45, 7) is 0. The lowest BCUT2D eigenvalue weighted by molar-refractivity contribution is 0.927. The summed E-state index contributed by atoms with van der Waals surface area (Å²) in [5.41, 5.74) is 0. The average molecular weight is 263 g/mol. The van der Waals surface area contributed by atoms with Gasteiger partial charge in [-0.1, -0.05) is 46.4 Å². The van der Waals surface area contributed by atoms with E-state index in [2.05, 4.69) is 0 Å². The van der Waals surface area contributed by atoms with Crippen LogP contribution in [-0.2, 0) is 0 Å². The Morgan fingerprint density at radius 2 is 1.70 bits per heavy atom. The van der Waals surface area contributed by atoms with Gasteiger partial charge in [0.2, 0.25) is 0 Å². The molecule has 6 heteroatoms. The molecule has 0 aromatic carbocycles. The van der Waals surface area contributed by atoms with Crippen LogP contribution >= 0.6 is 69.6 Å². The third-order valence-electron chi connectivity index (χ3n) is 0.675. The zero-order valence-corrected chi connectivity index (χ0v) is 8.96. The van der Waals surface area contributed by atoms with Gasteiger partial charge in [0.15, 0.2) is 9.17 Å². The van der Waals surface area contributed by atoms with Crippen molar-refractivity contribution in [3.63, 3.8) is 0 Å². The van der Waals surface area contributed by atoms with Gasteiger partial charge in [0.05, 0.1) is 5.88 Å². The Hall–Kier alpha value is 1.74. The van der Waals surface area contributed by atoms with Crippen molar-refractivity contribution in [3.8, 4) is 0 Å². The SMILES string of the molecule is Cl[CH]C(Cl)(Cl)[C@H](Cl)[C](Cl)Cl. The molecule has 0 saturated heterocycles. The molecule has 0 rings (SSSR count). The minimum Gasteiger partial charge on any atom is -0.118 e. The normalized spacial score (nSPS) is 15.9. The minimum atomic E-state index is -1.43. The summed E-state index contributed by atoms with van der Waals surface area (Å²) in [6, 6.07) is 0. The van der Waals surface area contributed by atoms with Crippen LogP contribution in [0.25, 0.3) is 0 Å². The first-order valence-corrected chi connectivity index (χ1v) is 4.44. The minimum absolute atomic E-state index is 0.122. The molecule has 2 radical (unpaired) electrons. The number of hydrogen-bond donors (Lipinski definition) is 0. The third-order valence-corrected chi connectivity index (χ3v) is 3.34. The molecule has 1 atom stereocenters. The summed E-state index contributed by atoms with van der Waals surface area (Å²) in [4.78, 5) is -0.122. The van der Waals surface area contributed by atoms with E-state index < -0.39 is 9.71 Å². The molecule has 0 nitrogen and oxygen atoms in total. The molecule has 0 aliphatic rings. The van der Waals surface area contributed by atoms with Crippen molar-refractivity contribution in [1.29, 1.82) is 0 Å². The number of alkyl halides is 3. The van der Waals surface area contributed by atoms with Gasteiger partial charge < -0.3 is 0 Å². The highest BCUT2D eigenvalue weighted by Gasteiger charge is 2.38. The Kier molecular flexibility index (Phi) is 5.51. The lowest BCUT2D eigenvalue weighted by Crippen LogP contribution is -2.27. The van der Waals surface area contributed by atoms with Gasteiger partial charge in [0.25, 0.3) is 0 Å². The van der Waals surface area contributed by atoms with E-state index in [1.807, 2.05) is 0 Å². The second-order valence-corrected chi connectivity index (χ2v) is 4.54. The maximum absolute atomic E-state index is 5.53. The van der Waals surface area contributed by atoms with Crippen LogP contribution in [0.2, 0.25) is 0 Å². The Morgan fingerprint density at radius 3 is 1.80 bits per heavy atom. The van der Waals surface area contributed by atoms with Crippen LogP contribution in [-0.4, -0.2) is 9.71 Å². The molecule has 10 heavy (non-hydrogen) atoms. The van der Waals surface area contributed by atoms with Gasteiger partial charge in [-0.25, -0.2) is 0 Å². The fraction of sp³-hybridized carbons (Fsp3) is 0.500. The Morgan fingerprint density at radius 1 is 1.30 bits per heavy atom. The quantitative estimate of drug-likeness (QED) is 0.671. The zero-order chi connectivity index (χ0) is 8.36. The molecule has 0 aromatic rings. The maximum Gasteiger partial charge on any atom is 0.171 e. The van der Waals surface area contributed by atoms with E-state index in [4.69, 9.17) is 69.6 Å². The highest BCUT2D eigenvalue weighted by atomic mass is 35.5. The van der Waals surface area contributed by atoms with Crippen molar-refractivity contribution in [2.45, 2.75) is 9.71 Å². The van der Waals surface area contributed by atoms with Crippen LogP contribution in [0.5, 0.6) is 0 Å². The van der Waals surface area contributed by atoms with Crippen LogP contribution in [0.15, 0.2) is 0 Å². The summed E-state index contributed by atoms with van der Waals surface area (Å²) in [5.74, 6) is 0.985. The first-order chi connectivity index (χ1) is 4.41. The predicted molar refractivity (Wildman–Crippen MR) is 49.2 cm³/mol. The second-order valence-electron chi connectivity index (χ2n) is 1.44. The summed E-state index contributed by atoms with van der Waals surface area (Å²) < 4.78 is -1.43. The van der Waals surface area contributed by atoms with Crippen molar-refractivity contribution in [1.82, 2.24) is 0 Å². The third kappa shape index (κ3) is 3.42. The molecule has 0 fully saturated rings. The van der Waals surface area contributed by atoms with Crippen LogP contribution in [0.1, 0.15) is 0 Å². The first kappa shape index (κ1) is 11.7. The summed E-state index contributed by atoms with van der Waals surface area (Å²) in [6.07, 6.45) is 0. The largest absolute Gasteiger partial charge is 0.171 e. The van der Waals surface area contributed by atoms with E-state index in [1.54, 1.807) is 0 Å². The molecule has 0 bridgehead atoms. The highest BCUT2D eigenvalue weighted by molar-refractivity contribution is 6.62. The first-order valence-electron chi connectivity index (χ1n) is 2.06. The van der Waals surface area contributed by atoms with E-state index >= 15 is 0 Å². The summed E-state index contributed by atoms with van der Waals surface area (Å²) in [7, 11) is 0. The molecule has 0 amide bonds. The maximum atomic E-state index is 5.53. The van der Waals surface area contributed by atoms with Gasteiger partial charge in [-0.2, -0.15) is 0 Å². The molecular weight excluding hydrogens is 261 g/mol. The molecule has 0 spiro atoms. The molecular formula is C4H2Cl6. The smallest absolute Gasteiger partial charge is 0.118 e. The molecule has 0 aliphatic carbocycles. The van der Waals surface area contributed by atoms with Gasteiger partial charge in [-0.3, -0.25) is 0 Å². The Bertz CT molecular complexity index is 99.9. The fourth-order valence-corrected chi connectivity index (χ4v) is 1.24. The fourth-order valence-electron chi connectivity index (χ4n) is 0.201. The molecule has 0 N–H and O–H groups in total. The lowest BCUT2D eigenvalue weighted by Gasteiger charge is -2.21. The molecule has 0 saturated carbocycles. The summed E-state index contributed by atoms with van der Waals surface area (Å²) >= 11 is 32.4. The van der Waals surface area contributed by atoms with Crippen molar-refractivity contribution >= 4 is 69.6 Å². The Balaban J connectivity index is 4.03. The number of hydrogen-bond acceptors (Lipinski definition) is 0. The second kappa shape index (κ2) is 4.69. The van der Waals surface area contributed by atoms with Crippen molar-refractivity contribution in [2.75, 3.05) is 0 Å². The van der Waals surface area contributed by atoms with Gasteiger partial charge >= 0.3 is 0 Å². The molecule has 0 aromatic heterocycles. The monoisotopic (exact) mass is 260 g/mol. The molecule has 0 aliphatic heterocycles. The Labute approximate surface area is 89.7 Å². The van der Waals surface area contributed by atoms with Gasteiger partial charge in [0.1, 0.15) is 5.38 Å². The average Bonchev–Trinajstić information content (AvgIpc) is 1.86. The van der Waals surface area contributed by atoms with E-state index in [1.165, 1.54) is 0 Å². The zero-order valence-electron chi connectivity index (χ0n) is 4.42. The number of rotatable bonds is 3. The molecule has 0 unspecified atom stereocenters. The van der Waals surface area contributed by atoms with Gasteiger partial charge in [0, 0.05) is 0 Å². The molecule has 0 heterocycles. The standard InChI is InChI=1S/C4H2Cl6/c5-1-4(9,10)2(6)3(7)8/h1-2H/t2-/m1/s1. The van der Waals surface area contributed by atoms with E-state index in [0.717, 1.165) is 5.88 Å². The van der Waals surface area contributed by atoms with Crippen molar-refractivity contribution in [3.05, 3.63) is 10.7 Å². The lowest BCUT2D eigenvalue weighted by atomic mass is 10.3. The van der Waals surface area contributed by atoms with Gasteiger partial charge in [-0.15, -0.1) is 23.2 Å².